The van der Waals surface area contributed by atoms with E-state index in [1.165, 1.54) is 16.2 Å². The van der Waals surface area contributed by atoms with E-state index < -0.39 is 11.6 Å². The number of hydrogen-bond acceptors (Lipinski definition) is 5. The second kappa shape index (κ2) is 7.17. The van der Waals surface area contributed by atoms with E-state index in [2.05, 4.69) is 15.0 Å². The van der Waals surface area contributed by atoms with E-state index in [9.17, 15) is 9.90 Å². The molecule has 3 heterocycles. The Morgan fingerprint density at radius 2 is 1.85 bits per heavy atom. The average molecular weight is 391 g/mol. The summed E-state index contributed by atoms with van der Waals surface area (Å²) >= 11 is 7.14. The summed E-state index contributed by atoms with van der Waals surface area (Å²) in [6.45, 7) is 5.52. The Balaban J connectivity index is 1.82. The van der Waals surface area contributed by atoms with E-state index in [1.54, 1.807) is 6.20 Å². The van der Waals surface area contributed by atoms with Crippen LogP contribution in [0.2, 0.25) is 5.02 Å². The highest BCUT2D eigenvalue weighted by atomic mass is 35.5. The zero-order valence-electron chi connectivity index (χ0n) is 14.7. The van der Waals surface area contributed by atoms with Crippen LogP contribution in [0.15, 0.2) is 30.5 Å². The molecule has 3 aromatic rings. The predicted molar refractivity (Wildman–Crippen MR) is 104 cm³/mol. The van der Waals surface area contributed by atoms with Crippen molar-refractivity contribution in [2.75, 3.05) is 4.90 Å². The normalized spacial score (nSPS) is 11.7. The number of thiazole rings is 1. The van der Waals surface area contributed by atoms with Gasteiger partial charge in [0.05, 0.1) is 5.02 Å². The smallest absolute Gasteiger partial charge is 0.414 e. The van der Waals surface area contributed by atoms with Crippen LogP contribution in [0.3, 0.4) is 0 Å². The molecule has 0 spiro atoms. The average Bonchev–Trinajstić information content (AvgIpc) is 2.94. The number of halogens is 1. The molecule has 1 N–H and O–H groups in total. The van der Waals surface area contributed by atoms with Crippen molar-refractivity contribution in [2.45, 2.75) is 39.2 Å². The van der Waals surface area contributed by atoms with Crippen LogP contribution in [0.25, 0.3) is 10.3 Å². The number of amides is 1. The summed E-state index contributed by atoms with van der Waals surface area (Å²) in [4.78, 5) is 27.0. The first-order valence-electron chi connectivity index (χ1n) is 8.14. The number of carboxylic acid groups (broad SMARTS) is 1. The summed E-state index contributed by atoms with van der Waals surface area (Å²) in [6.07, 6.45) is 2.10. The lowest BCUT2D eigenvalue weighted by molar-refractivity contribution is 0.195. The standard InChI is InChI=1S/C18H19ClN4O2S/c1-18(2,3)23(17(24)25)16-22-14-9-8-13(21-15(14)26-16)7-6-12-5-4-11(19)10-20-12/h4-5,8-10H,6-7H2,1-3H3,(H,24,25). The molecular weight excluding hydrogens is 372 g/mol. The van der Waals surface area contributed by atoms with Crippen molar-refractivity contribution in [1.82, 2.24) is 15.0 Å². The molecule has 0 unspecified atom stereocenters. The third-order valence-corrected chi connectivity index (χ3v) is 4.96. The van der Waals surface area contributed by atoms with Gasteiger partial charge in [-0.05, 0) is 57.9 Å². The highest BCUT2D eigenvalue weighted by molar-refractivity contribution is 7.22. The number of aryl methyl sites for hydroxylation is 2. The van der Waals surface area contributed by atoms with Gasteiger partial charge in [-0.15, -0.1) is 0 Å². The van der Waals surface area contributed by atoms with Gasteiger partial charge in [0.25, 0.3) is 0 Å². The van der Waals surface area contributed by atoms with Gasteiger partial charge >= 0.3 is 6.09 Å². The topological polar surface area (TPSA) is 79.2 Å². The molecule has 0 fully saturated rings. The Kier molecular flexibility index (Phi) is 5.11. The molecule has 0 aliphatic carbocycles. The van der Waals surface area contributed by atoms with E-state index >= 15 is 0 Å². The number of fused-ring (bicyclic) bond motifs is 1. The Bertz CT molecular complexity index is 935. The highest BCUT2D eigenvalue weighted by Gasteiger charge is 2.30. The van der Waals surface area contributed by atoms with Crippen LogP contribution in [0.1, 0.15) is 32.2 Å². The first kappa shape index (κ1) is 18.5. The van der Waals surface area contributed by atoms with Gasteiger partial charge < -0.3 is 5.11 Å². The summed E-state index contributed by atoms with van der Waals surface area (Å²) in [5, 5.41) is 10.6. The minimum atomic E-state index is -1.02. The molecule has 0 radical (unpaired) electrons. The number of rotatable bonds is 4. The Hall–Kier alpha value is -2.25. The van der Waals surface area contributed by atoms with Gasteiger partial charge in [-0.3, -0.25) is 4.98 Å². The predicted octanol–water partition coefficient (Wildman–Crippen LogP) is 4.81. The van der Waals surface area contributed by atoms with Crippen LogP contribution in [-0.4, -0.2) is 31.7 Å². The van der Waals surface area contributed by atoms with Gasteiger partial charge in [0.1, 0.15) is 10.3 Å². The molecule has 0 aliphatic rings. The molecule has 0 atom stereocenters. The first-order chi connectivity index (χ1) is 12.2. The highest BCUT2D eigenvalue weighted by Crippen LogP contribution is 2.32. The fourth-order valence-electron chi connectivity index (χ4n) is 2.54. The largest absolute Gasteiger partial charge is 0.465 e. The lowest BCUT2D eigenvalue weighted by atomic mass is 10.1. The molecule has 0 saturated carbocycles. The van der Waals surface area contributed by atoms with Crippen LogP contribution < -0.4 is 4.90 Å². The molecule has 8 heteroatoms. The number of pyridine rings is 2. The molecule has 0 aliphatic heterocycles. The van der Waals surface area contributed by atoms with E-state index in [0.717, 1.165) is 29.1 Å². The van der Waals surface area contributed by atoms with Crippen LogP contribution in [-0.2, 0) is 12.8 Å². The van der Waals surface area contributed by atoms with Gasteiger partial charge in [-0.25, -0.2) is 19.7 Å². The molecule has 3 aromatic heterocycles. The molecule has 0 aromatic carbocycles. The zero-order valence-corrected chi connectivity index (χ0v) is 16.3. The van der Waals surface area contributed by atoms with Crippen molar-refractivity contribution in [3.8, 4) is 0 Å². The number of anilines is 1. The van der Waals surface area contributed by atoms with Crippen LogP contribution in [0, 0.1) is 0 Å². The van der Waals surface area contributed by atoms with Crippen molar-refractivity contribution in [3.05, 3.63) is 46.9 Å². The van der Waals surface area contributed by atoms with Crippen molar-refractivity contribution >= 4 is 44.5 Å². The van der Waals surface area contributed by atoms with Crippen LogP contribution in [0.4, 0.5) is 9.93 Å². The number of hydrogen-bond donors (Lipinski definition) is 1. The maximum absolute atomic E-state index is 11.6. The van der Waals surface area contributed by atoms with Crippen LogP contribution in [0.5, 0.6) is 0 Å². The molecule has 3 rings (SSSR count). The first-order valence-corrected chi connectivity index (χ1v) is 9.33. The van der Waals surface area contributed by atoms with Gasteiger partial charge in [0.15, 0.2) is 5.13 Å². The van der Waals surface area contributed by atoms with Gasteiger partial charge in [0.2, 0.25) is 0 Å². The molecule has 1 amide bonds. The molecule has 136 valence electrons. The molecular formula is C18H19ClN4O2S. The summed E-state index contributed by atoms with van der Waals surface area (Å²) in [7, 11) is 0. The second-order valence-corrected chi connectivity index (χ2v) is 8.27. The lowest BCUT2D eigenvalue weighted by Crippen LogP contribution is -2.45. The summed E-state index contributed by atoms with van der Waals surface area (Å²) < 4.78 is 0. The molecule has 26 heavy (non-hydrogen) atoms. The van der Waals surface area contributed by atoms with E-state index in [1.807, 2.05) is 45.0 Å². The third kappa shape index (κ3) is 4.11. The number of carbonyl (C=O) groups is 1. The lowest BCUT2D eigenvalue weighted by Gasteiger charge is -2.30. The molecule has 0 saturated heterocycles. The maximum atomic E-state index is 11.6. The number of aromatic nitrogens is 3. The van der Waals surface area contributed by atoms with Crippen molar-refractivity contribution in [1.29, 1.82) is 0 Å². The van der Waals surface area contributed by atoms with E-state index in [0.29, 0.717) is 15.7 Å². The SMILES string of the molecule is CC(C)(C)N(C(=O)O)c1nc2ccc(CCc3ccc(Cl)cn3)nc2s1. The quantitative estimate of drug-likeness (QED) is 0.691. The fourth-order valence-corrected chi connectivity index (χ4v) is 3.80. The van der Waals surface area contributed by atoms with E-state index in [4.69, 9.17) is 11.6 Å². The zero-order chi connectivity index (χ0) is 18.9. The fraction of sp³-hybridized carbons (Fsp3) is 0.333. The van der Waals surface area contributed by atoms with Crippen molar-refractivity contribution in [3.63, 3.8) is 0 Å². The summed E-state index contributed by atoms with van der Waals surface area (Å²) in [5.41, 5.74) is 1.99. The van der Waals surface area contributed by atoms with Crippen molar-refractivity contribution in [2.24, 2.45) is 0 Å². The Morgan fingerprint density at radius 1 is 1.15 bits per heavy atom. The summed E-state index contributed by atoms with van der Waals surface area (Å²) in [6, 6.07) is 7.53. The van der Waals surface area contributed by atoms with Gasteiger partial charge in [-0.1, -0.05) is 22.9 Å². The Morgan fingerprint density at radius 3 is 2.46 bits per heavy atom. The molecule has 0 bridgehead atoms. The van der Waals surface area contributed by atoms with Gasteiger partial charge in [-0.2, -0.15) is 0 Å². The minimum absolute atomic E-state index is 0.434. The monoisotopic (exact) mass is 390 g/mol. The van der Waals surface area contributed by atoms with Crippen LogP contribution >= 0.6 is 22.9 Å². The Labute approximate surface area is 160 Å². The number of nitrogens with zero attached hydrogens (tertiary/aromatic N) is 4. The second-order valence-electron chi connectivity index (χ2n) is 6.88. The van der Waals surface area contributed by atoms with Gasteiger partial charge in [0, 0.05) is 23.1 Å². The molecule has 6 nitrogen and oxygen atoms in total. The van der Waals surface area contributed by atoms with E-state index in [-0.39, 0.29) is 0 Å². The maximum Gasteiger partial charge on any atom is 0.414 e. The minimum Gasteiger partial charge on any atom is -0.465 e. The summed E-state index contributed by atoms with van der Waals surface area (Å²) in [5.74, 6) is 0. The third-order valence-electron chi connectivity index (χ3n) is 3.78. The van der Waals surface area contributed by atoms with Crippen molar-refractivity contribution < 1.29 is 9.90 Å².